The van der Waals surface area contributed by atoms with E-state index in [4.69, 9.17) is 16.3 Å². The van der Waals surface area contributed by atoms with Crippen molar-refractivity contribution in [1.82, 2.24) is 19.2 Å². The van der Waals surface area contributed by atoms with Gasteiger partial charge in [-0.05, 0) is 0 Å². The van der Waals surface area contributed by atoms with Crippen LogP contribution >= 0.6 is 22.9 Å². The fourth-order valence-corrected chi connectivity index (χ4v) is 2.55. The molecule has 0 aromatic carbocycles. The minimum absolute atomic E-state index is 0.355. The number of aryl methyl sites for hydroxylation is 1. The van der Waals surface area contributed by atoms with Crippen molar-refractivity contribution in [2.75, 3.05) is 0 Å². The van der Waals surface area contributed by atoms with Gasteiger partial charge in [-0.25, -0.2) is 0 Å². The summed E-state index contributed by atoms with van der Waals surface area (Å²) in [5, 5.41) is 6.00. The molecule has 0 spiro atoms. The maximum Gasteiger partial charge on any atom is 0.243 e. The minimum Gasteiger partial charge on any atom is -0.434 e. The van der Waals surface area contributed by atoms with Crippen molar-refractivity contribution in [3.05, 3.63) is 29.7 Å². The lowest BCUT2D eigenvalue weighted by molar-refractivity contribution is 0.461. The van der Waals surface area contributed by atoms with Crippen molar-refractivity contribution in [3.8, 4) is 11.6 Å². The fraction of sp³-hybridized carbons (Fsp3) is 0.200. The van der Waals surface area contributed by atoms with Crippen LogP contribution in [0.25, 0.3) is 4.96 Å². The summed E-state index contributed by atoms with van der Waals surface area (Å²) >= 11 is 7.47. The van der Waals surface area contributed by atoms with Gasteiger partial charge in [-0.15, -0.1) is 22.9 Å². The Morgan fingerprint density at radius 1 is 1.53 bits per heavy atom. The number of thiazole rings is 1. The molecule has 0 unspecified atom stereocenters. The Balaban J connectivity index is 2.01. The van der Waals surface area contributed by atoms with Gasteiger partial charge < -0.3 is 4.74 Å². The predicted octanol–water partition coefficient (Wildman–Crippen LogP) is 2.66. The van der Waals surface area contributed by atoms with Crippen molar-refractivity contribution < 1.29 is 4.74 Å². The number of alkyl halides is 1. The molecule has 3 aromatic heterocycles. The number of fused-ring (bicyclic) bond motifs is 1. The molecule has 0 aliphatic carbocycles. The number of hydrogen-bond donors (Lipinski definition) is 0. The Hall–Kier alpha value is -1.53. The topological polar surface area (TPSA) is 44.4 Å². The zero-order valence-electron chi connectivity index (χ0n) is 9.00. The van der Waals surface area contributed by atoms with Crippen LogP contribution in [0.1, 0.15) is 5.69 Å². The smallest absolute Gasteiger partial charge is 0.243 e. The molecule has 0 bridgehead atoms. The summed E-state index contributed by atoms with van der Waals surface area (Å²) in [5.74, 6) is 1.55. The highest BCUT2D eigenvalue weighted by Crippen LogP contribution is 2.28. The van der Waals surface area contributed by atoms with Gasteiger partial charge in [0.1, 0.15) is 5.69 Å². The maximum absolute atomic E-state index is 5.92. The Morgan fingerprint density at radius 2 is 2.41 bits per heavy atom. The second-order valence-electron chi connectivity index (χ2n) is 3.50. The summed E-state index contributed by atoms with van der Waals surface area (Å²) in [6.45, 7) is 0. The molecular weight excluding hydrogens is 260 g/mol. The zero-order chi connectivity index (χ0) is 11.8. The summed E-state index contributed by atoms with van der Waals surface area (Å²) in [6.07, 6.45) is 5.36. The molecule has 3 rings (SSSR count). The lowest BCUT2D eigenvalue weighted by Gasteiger charge is -2.00. The first kappa shape index (κ1) is 10.6. The number of halogens is 1. The average Bonchev–Trinajstić information content (AvgIpc) is 2.95. The van der Waals surface area contributed by atoms with Crippen LogP contribution in [-0.4, -0.2) is 19.2 Å². The molecule has 0 aliphatic rings. The van der Waals surface area contributed by atoms with E-state index in [-0.39, 0.29) is 0 Å². The molecule has 0 N–H and O–H groups in total. The molecule has 3 heterocycles. The van der Waals surface area contributed by atoms with Gasteiger partial charge in [-0.2, -0.15) is 10.1 Å². The van der Waals surface area contributed by atoms with Crippen LogP contribution in [0.3, 0.4) is 0 Å². The Labute approximate surface area is 106 Å². The Bertz CT molecular complexity index is 656. The molecule has 0 radical (unpaired) electrons. The Kier molecular flexibility index (Phi) is 2.53. The summed E-state index contributed by atoms with van der Waals surface area (Å²) in [4.78, 5) is 5.26. The number of imidazole rings is 1. The number of rotatable bonds is 3. The summed E-state index contributed by atoms with van der Waals surface area (Å²) in [6, 6.07) is 0. The quantitative estimate of drug-likeness (QED) is 0.686. The molecule has 0 atom stereocenters. The highest BCUT2D eigenvalue weighted by atomic mass is 35.5. The summed E-state index contributed by atoms with van der Waals surface area (Å²) < 4.78 is 9.28. The lowest BCUT2D eigenvalue weighted by Crippen LogP contribution is -1.90. The third kappa shape index (κ3) is 1.79. The second kappa shape index (κ2) is 4.05. The van der Waals surface area contributed by atoms with E-state index in [2.05, 4.69) is 10.1 Å². The maximum atomic E-state index is 5.92. The van der Waals surface area contributed by atoms with Crippen molar-refractivity contribution >= 4 is 27.9 Å². The van der Waals surface area contributed by atoms with Crippen molar-refractivity contribution in [2.45, 2.75) is 5.88 Å². The molecule has 0 amide bonds. The summed E-state index contributed by atoms with van der Waals surface area (Å²) in [7, 11) is 1.83. The largest absolute Gasteiger partial charge is 0.434 e. The first-order valence-electron chi connectivity index (χ1n) is 4.95. The molecule has 0 fully saturated rings. The van der Waals surface area contributed by atoms with Crippen LogP contribution in [0.5, 0.6) is 11.6 Å². The SMILES string of the molecule is Cn1cc(Oc2nc3sccn3c2CCl)cn1. The van der Waals surface area contributed by atoms with Gasteiger partial charge in [0, 0.05) is 18.6 Å². The fourth-order valence-electron chi connectivity index (χ4n) is 1.58. The summed E-state index contributed by atoms with van der Waals surface area (Å²) in [5.41, 5.74) is 0.853. The number of aromatic nitrogens is 4. The first-order valence-corrected chi connectivity index (χ1v) is 6.36. The van der Waals surface area contributed by atoms with Gasteiger partial charge in [-0.1, -0.05) is 0 Å². The molecule has 0 saturated carbocycles. The van der Waals surface area contributed by atoms with Crippen LogP contribution in [0.4, 0.5) is 0 Å². The van der Waals surface area contributed by atoms with Crippen LogP contribution in [0.15, 0.2) is 24.0 Å². The number of ether oxygens (including phenoxy) is 1. The zero-order valence-corrected chi connectivity index (χ0v) is 10.6. The van der Waals surface area contributed by atoms with E-state index in [1.807, 2.05) is 23.0 Å². The van der Waals surface area contributed by atoms with Gasteiger partial charge >= 0.3 is 0 Å². The van der Waals surface area contributed by atoms with Crippen molar-refractivity contribution in [1.29, 1.82) is 0 Å². The molecule has 88 valence electrons. The first-order chi connectivity index (χ1) is 8.28. The molecule has 5 nitrogen and oxygen atoms in total. The van der Waals surface area contributed by atoms with Gasteiger partial charge in [-0.3, -0.25) is 9.08 Å². The molecular formula is C10H9ClN4OS. The van der Waals surface area contributed by atoms with Crippen LogP contribution in [0.2, 0.25) is 0 Å². The molecule has 7 heteroatoms. The standard InChI is InChI=1S/C10H9ClN4OS/c1-14-6-7(5-12-14)16-9-8(4-11)15-2-3-17-10(15)13-9/h2-3,5-6H,4H2,1H3. The van der Waals surface area contributed by atoms with E-state index in [9.17, 15) is 0 Å². The van der Waals surface area contributed by atoms with E-state index in [0.29, 0.717) is 17.5 Å². The van der Waals surface area contributed by atoms with Crippen LogP contribution in [-0.2, 0) is 12.9 Å². The third-order valence-electron chi connectivity index (χ3n) is 2.35. The molecule has 3 aromatic rings. The van der Waals surface area contributed by atoms with Crippen molar-refractivity contribution in [2.24, 2.45) is 7.05 Å². The van der Waals surface area contributed by atoms with E-state index < -0.39 is 0 Å². The molecule has 0 saturated heterocycles. The molecule has 0 aliphatic heterocycles. The highest BCUT2D eigenvalue weighted by molar-refractivity contribution is 7.15. The van der Waals surface area contributed by atoms with Gasteiger partial charge in [0.25, 0.3) is 0 Å². The van der Waals surface area contributed by atoms with Crippen LogP contribution < -0.4 is 4.74 Å². The van der Waals surface area contributed by atoms with E-state index in [1.165, 1.54) is 0 Å². The van der Waals surface area contributed by atoms with E-state index >= 15 is 0 Å². The van der Waals surface area contributed by atoms with Gasteiger partial charge in [0.15, 0.2) is 10.7 Å². The number of nitrogens with zero attached hydrogens (tertiary/aromatic N) is 4. The normalized spacial score (nSPS) is 11.2. The monoisotopic (exact) mass is 268 g/mol. The van der Waals surface area contributed by atoms with Crippen molar-refractivity contribution in [3.63, 3.8) is 0 Å². The Morgan fingerprint density at radius 3 is 3.12 bits per heavy atom. The minimum atomic E-state index is 0.355. The predicted molar refractivity (Wildman–Crippen MR) is 65.9 cm³/mol. The van der Waals surface area contributed by atoms with Gasteiger partial charge in [0.2, 0.25) is 5.88 Å². The van der Waals surface area contributed by atoms with E-state index in [0.717, 1.165) is 10.7 Å². The van der Waals surface area contributed by atoms with Gasteiger partial charge in [0.05, 0.1) is 18.3 Å². The number of hydrogen-bond acceptors (Lipinski definition) is 4. The molecule has 17 heavy (non-hydrogen) atoms. The third-order valence-corrected chi connectivity index (χ3v) is 3.36. The van der Waals surface area contributed by atoms with Crippen LogP contribution in [0, 0.1) is 0 Å². The second-order valence-corrected chi connectivity index (χ2v) is 4.64. The average molecular weight is 269 g/mol. The lowest BCUT2D eigenvalue weighted by atomic mass is 10.5. The van der Waals surface area contributed by atoms with E-state index in [1.54, 1.807) is 28.4 Å². The highest BCUT2D eigenvalue weighted by Gasteiger charge is 2.14.